The maximum atomic E-state index is 11.6. The summed E-state index contributed by atoms with van der Waals surface area (Å²) in [7, 11) is 1.67. The molecule has 1 aliphatic heterocycles. The first-order chi connectivity index (χ1) is 7.66. The number of nitrogens with zero attached hydrogens (tertiary/aromatic N) is 2. The summed E-state index contributed by atoms with van der Waals surface area (Å²) in [4.78, 5) is 26.1. The van der Waals surface area contributed by atoms with Crippen LogP contribution >= 0.6 is 12.6 Å². The highest BCUT2D eigenvalue weighted by atomic mass is 32.1. The number of hydrogen-bond donors (Lipinski definition) is 1. The van der Waals surface area contributed by atoms with Crippen molar-refractivity contribution >= 4 is 24.4 Å². The molecule has 0 bridgehead atoms. The maximum Gasteiger partial charge on any atom is 0.312 e. The van der Waals surface area contributed by atoms with E-state index in [0.29, 0.717) is 19.6 Å². The van der Waals surface area contributed by atoms with E-state index in [4.69, 9.17) is 0 Å². The fourth-order valence-electron chi connectivity index (χ4n) is 1.75. The zero-order chi connectivity index (χ0) is 12.0. The first-order valence-corrected chi connectivity index (χ1v) is 6.45. The second kappa shape index (κ2) is 6.78. The molecule has 0 spiro atoms. The van der Waals surface area contributed by atoms with E-state index in [1.54, 1.807) is 11.9 Å². The van der Waals surface area contributed by atoms with Crippen molar-refractivity contribution in [2.75, 3.05) is 32.4 Å². The Morgan fingerprint density at radius 1 is 1.06 bits per heavy atom. The fourth-order valence-corrected chi connectivity index (χ4v) is 1.98. The minimum absolute atomic E-state index is 0.344. The Bertz CT molecular complexity index is 258. The number of likely N-dealkylation sites (N-methyl/N-ethyl adjacent to an activating group) is 1. The van der Waals surface area contributed by atoms with Gasteiger partial charge in [0.05, 0.1) is 0 Å². The number of thiol groups is 1. The maximum absolute atomic E-state index is 11.6. The molecule has 16 heavy (non-hydrogen) atoms. The van der Waals surface area contributed by atoms with Gasteiger partial charge in [0.1, 0.15) is 0 Å². The van der Waals surface area contributed by atoms with Gasteiger partial charge < -0.3 is 9.80 Å². The van der Waals surface area contributed by atoms with Crippen LogP contribution < -0.4 is 0 Å². The van der Waals surface area contributed by atoms with Crippen LogP contribution in [0.3, 0.4) is 0 Å². The highest BCUT2D eigenvalue weighted by molar-refractivity contribution is 7.80. The van der Waals surface area contributed by atoms with Crippen LogP contribution in [0.5, 0.6) is 0 Å². The number of carbonyl (C=O) groups excluding carboxylic acids is 2. The van der Waals surface area contributed by atoms with Gasteiger partial charge >= 0.3 is 11.8 Å². The fraction of sp³-hybridized carbons (Fsp3) is 0.818. The Kier molecular flexibility index (Phi) is 5.66. The lowest BCUT2D eigenvalue weighted by Crippen LogP contribution is -2.52. The molecule has 1 rings (SSSR count). The van der Waals surface area contributed by atoms with Crippen LogP contribution in [0.25, 0.3) is 0 Å². The van der Waals surface area contributed by atoms with Crippen molar-refractivity contribution in [3.8, 4) is 0 Å². The van der Waals surface area contributed by atoms with Crippen molar-refractivity contribution in [1.82, 2.24) is 9.80 Å². The Hall–Kier alpha value is -0.710. The van der Waals surface area contributed by atoms with E-state index >= 15 is 0 Å². The van der Waals surface area contributed by atoms with E-state index in [1.165, 1.54) is 4.90 Å². The molecule has 0 atom stereocenters. The molecule has 1 saturated heterocycles. The quantitative estimate of drug-likeness (QED) is 0.426. The molecule has 0 aromatic rings. The number of amides is 2. The van der Waals surface area contributed by atoms with Crippen molar-refractivity contribution < 1.29 is 9.59 Å². The molecule has 0 unspecified atom stereocenters. The van der Waals surface area contributed by atoms with Gasteiger partial charge in [0.2, 0.25) is 0 Å². The monoisotopic (exact) mass is 244 g/mol. The largest absolute Gasteiger partial charge is 0.336 e. The van der Waals surface area contributed by atoms with Gasteiger partial charge in [0.15, 0.2) is 0 Å². The molecule has 1 aliphatic rings. The SMILES string of the molecule is CN1CCN(CCCCCCS)C(=O)C1=O. The van der Waals surface area contributed by atoms with E-state index in [-0.39, 0.29) is 11.8 Å². The van der Waals surface area contributed by atoms with Crippen molar-refractivity contribution in [3.05, 3.63) is 0 Å². The van der Waals surface area contributed by atoms with Crippen LogP contribution in [-0.4, -0.2) is 54.0 Å². The number of carbonyl (C=O) groups is 2. The molecule has 92 valence electrons. The van der Waals surface area contributed by atoms with E-state index in [9.17, 15) is 9.59 Å². The predicted molar refractivity (Wildman–Crippen MR) is 66.5 cm³/mol. The third-order valence-electron chi connectivity index (χ3n) is 2.86. The van der Waals surface area contributed by atoms with Crippen molar-refractivity contribution in [2.24, 2.45) is 0 Å². The van der Waals surface area contributed by atoms with Crippen LogP contribution in [0.15, 0.2) is 0 Å². The average Bonchev–Trinajstić information content (AvgIpc) is 2.28. The molecule has 0 aromatic heterocycles. The molecule has 0 radical (unpaired) electrons. The third kappa shape index (κ3) is 3.70. The number of hydrogen-bond acceptors (Lipinski definition) is 3. The van der Waals surface area contributed by atoms with Gasteiger partial charge in [-0.2, -0.15) is 12.6 Å². The Labute approximate surface area is 102 Å². The topological polar surface area (TPSA) is 40.6 Å². The van der Waals surface area contributed by atoms with Gasteiger partial charge in [0, 0.05) is 26.7 Å². The zero-order valence-corrected chi connectivity index (χ0v) is 10.7. The van der Waals surface area contributed by atoms with E-state index in [2.05, 4.69) is 12.6 Å². The van der Waals surface area contributed by atoms with Crippen LogP contribution in [0.1, 0.15) is 25.7 Å². The smallest absolute Gasteiger partial charge is 0.312 e. The summed E-state index contributed by atoms with van der Waals surface area (Å²) in [6.07, 6.45) is 4.36. The number of piperazine rings is 1. The summed E-state index contributed by atoms with van der Waals surface area (Å²) >= 11 is 4.15. The Morgan fingerprint density at radius 2 is 1.75 bits per heavy atom. The lowest BCUT2D eigenvalue weighted by atomic mass is 10.2. The number of rotatable bonds is 6. The predicted octanol–water partition coefficient (Wildman–Crippen LogP) is 0.777. The van der Waals surface area contributed by atoms with Crippen LogP contribution in [0, 0.1) is 0 Å². The molecule has 0 saturated carbocycles. The highest BCUT2D eigenvalue weighted by Gasteiger charge is 2.29. The zero-order valence-electron chi connectivity index (χ0n) is 9.81. The number of unbranched alkanes of at least 4 members (excludes halogenated alkanes) is 3. The van der Waals surface area contributed by atoms with Crippen LogP contribution in [0.4, 0.5) is 0 Å². The molecule has 0 aromatic carbocycles. The molecule has 2 amide bonds. The molecule has 1 heterocycles. The average molecular weight is 244 g/mol. The lowest BCUT2D eigenvalue weighted by Gasteiger charge is -2.31. The molecule has 0 aliphatic carbocycles. The molecule has 4 nitrogen and oxygen atoms in total. The summed E-state index contributed by atoms with van der Waals surface area (Å²) in [6, 6.07) is 0. The summed E-state index contributed by atoms with van der Waals surface area (Å²) in [5.74, 6) is 0.205. The highest BCUT2D eigenvalue weighted by Crippen LogP contribution is 2.07. The van der Waals surface area contributed by atoms with Crippen LogP contribution in [-0.2, 0) is 9.59 Å². The second-order valence-electron chi connectivity index (χ2n) is 4.16. The summed E-state index contributed by atoms with van der Waals surface area (Å²) in [5, 5.41) is 0. The Balaban J connectivity index is 2.22. The van der Waals surface area contributed by atoms with Gasteiger partial charge in [-0.1, -0.05) is 12.8 Å². The normalized spacial score (nSPS) is 17.1. The van der Waals surface area contributed by atoms with Gasteiger partial charge in [0.25, 0.3) is 0 Å². The summed E-state index contributed by atoms with van der Waals surface area (Å²) in [5.41, 5.74) is 0. The Morgan fingerprint density at radius 3 is 2.44 bits per heavy atom. The van der Waals surface area contributed by atoms with E-state index in [1.807, 2.05) is 0 Å². The van der Waals surface area contributed by atoms with E-state index in [0.717, 1.165) is 31.4 Å². The molecule has 1 fully saturated rings. The first-order valence-electron chi connectivity index (χ1n) is 5.82. The third-order valence-corrected chi connectivity index (χ3v) is 3.17. The lowest BCUT2D eigenvalue weighted by molar-refractivity contribution is -0.154. The van der Waals surface area contributed by atoms with Crippen molar-refractivity contribution in [2.45, 2.75) is 25.7 Å². The minimum atomic E-state index is -0.374. The molecular formula is C11H20N2O2S. The van der Waals surface area contributed by atoms with Crippen molar-refractivity contribution in [1.29, 1.82) is 0 Å². The van der Waals surface area contributed by atoms with Gasteiger partial charge in [-0.05, 0) is 18.6 Å². The van der Waals surface area contributed by atoms with Gasteiger partial charge in [-0.25, -0.2) is 0 Å². The van der Waals surface area contributed by atoms with Crippen LogP contribution in [0.2, 0.25) is 0 Å². The molecule has 5 heteroatoms. The van der Waals surface area contributed by atoms with E-state index < -0.39 is 0 Å². The van der Waals surface area contributed by atoms with Crippen molar-refractivity contribution in [3.63, 3.8) is 0 Å². The summed E-state index contributed by atoms with van der Waals surface area (Å²) < 4.78 is 0. The van der Waals surface area contributed by atoms with Gasteiger partial charge in [-0.15, -0.1) is 0 Å². The molecule has 0 N–H and O–H groups in total. The standard InChI is InChI=1S/C11H20N2O2S/c1-12-7-8-13(11(15)10(12)14)6-4-2-3-5-9-16/h16H,2-9H2,1H3. The summed E-state index contributed by atoms with van der Waals surface area (Å²) in [6.45, 7) is 2.04. The molecular weight excluding hydrogens is 224 g/mol. The second-order valence-corrected chi connectivity index (χ2v) is 4.60. The van der Waals surface area contributed by atoms with Gasteiger partial charge in [-0.3, -0.25) is 9.59 Å². The first kappa shape index (κ1) is 13.4. The minimum Gasteiger partial charge on any atom is -0.336 e.